The summed E-state index contributed by atoms with van der Waals surface area (Å²) < 4.78 is 14.7. The smallest absolute Gasteiger partial charge is 0.256 e. The van der Waals surface area contributed by atoms with Gasteiger partial charge in [0.05, 0.1) is 10.6 Å². The Morgan fingerprint density at radius 3 is 2.68 bits per heavy atom. The number of benzene rings is 1. The van der Waals surface area contributed by atoms with Crippen molar-refractivity contribution in [1.29, 1.82) is 0 Å². The summed E-state index contributed by atoms with van der Waals surface area (Å²) in [7, 11) is 0. The van der Waals surface area contributed by atoms with E-state index < -0.39 is 5.82 Å². The molecule has 25 heavy (non-hydrogen) atoms. The zero-order valence-electron chi connectivity index (χ0n) is 14.7. The van der Waals surface area contributed by atoms with E-state index in [-0.39, 0.29) is 11.5 Å². The summed E-state index contributed by atoms with van der Waals surface area (Å²) in [6.45, 7) is 4.46. The van der Waals surface area contributed by atoms with Gasteiger partial charge in [-0.1, -0.05) is 13.3 Å². The summed E-state index contributed by atoms with van der Waals surface area (Å²) in [5.41, 5.74) is 0.996. The molecule has 0 radical (unpaired) electrons. The summed E-state index contributed by atoms with van der Waals surface area (Å²) in [6, 6.07) is 9.07. The van der Waals surface area contributed by atoms with Gasteiger partial charge in [-0.2, -0.15) is 0 Å². The third-order valence-corrected chi connectivity index (χ3v) is 5.54. The normalized spacial score (nSPS) is 14.6. The maximum atomic E-state index is 14.7. The van der Waals surface area contributed by atoms with Crippen molar-refractivity contribution in [3.63, 3.8) is 0 Å². The number of unbranched alkanes of at least 4 members (excludes halogenated alkanes) is 1. The quantitative estimate of drug-likeness (QED) is 0.684. The first-order valence-electron chi connectivity index (χ1n) is 9.10. The predicted molar refractivity (Wildman–Crippen MR) is 102 cm³/mol. The van der Waals surface area contributed by atoms with Crippen molar-refractivity contribution in [2.45, 2.75) is 39.0 Å². The Morgan fingerprint density at radius 1 is 1.24 bits per heavy atom. The molecule has 0 unspecified atom stereocenters. The van der Waals surface area contributed by atoms with Gasteiger partial charge >= 0.3 is 0 Å². The Morgan fingerprint density at radius 2 is 2.04 bits per heavy atom. The van der Waals surface area contributed by atoms with E-state index in [1.54, 1.807) is 22.3 Å². The lowest BCUT2D eigenvalue weighted by molar-refractivity contribution is 0.0719. The zero-order chi connectivity index (χ0) is 17.6. The van der Waals surface area contributed by atoms with Gasteiger partial charge in [-0.15, -0.1) is 11.3 Å². The molecule has 0 atom stereocenters. The molecule has 1 aliphatic heterocycles. The molecule has 0 aliphatic carbocycles. The molecule has 5 heteroatoms. The van der Waals surface area contributed by atoms with Crippen LogP contribution in [0, 0.1) is 5.82 Å². The molecule has 2 heterocycles. The number of piperidine rings is 1. The lowest BCUT2D eigenvalue weighted by atomic mass is 10.1. The van der Waals surface area contributed by atoms with E-state index in [4.69, 9.17) is 0 Å². The Balaban J connectivity index is 1.83. The first-order chi connectivity index (χ1) is 12.2. The molecule has 1 aromatic carbocycles. The number of thiophene rings is 1. The van der Waals surface area contributed by atoms with Crippen LogP contribution in [0.4, 0.5) is 15.1 Å². The van der Waals surface area contributed by atoms with Crippen molar-refractivity contribution in [3.05, 3.63) is 47.1 Å². The third-order valence-electron chi connectivity index (χ3n) is 4.65. The van der Waals surface area contributed by atoms with Crippen LogP contribution < -0.4 is 4.90 Å². The summed E-state index contributed by atoms with van der Waals surface area (Å²) in [5.74, 6) is -0.605. The number of carbonyl (C=O) groups is 1. The van der Waals surface area contributed by atoms with E-state index >= 15 is 0 Å². The minimum absolute atomic E-state index is 0.181. The molecule has 3 rings (SSSR count). The third kappa shape index (κ3) is 4.21. The SMILES string of the molecule is CCCCN(c1ccc(C(=O)N2CCCCC2)c(F)c1)c1cccs1. The molecule has 1 aliphatic rings. The minimum atomic E-state index is -0.425. The molecule has 134 valence electrons. The van der Waals surface area contributed by atoms with Gasteiger partial charge in [-0.05, 0) is 61.4 Å². The van der Waals surface area contributed by atoms with Gasteiger partial charge in [0.15, 0.2) is 0 Å². The highest BCUT2D eigenvalue weighted by molar-refractivity contribution is 7.14. The molecule has 1 fully saturated rings. The number of hydrogen-bond donors (Lipinski definition) is 0. The predicted octanol–water partition coefficient (Wildman–Crippen LogP) is 5.45. The van der Waals surface area contributed by atoms with Crippen molar-refractivity contribution in [2.24, 2.45) is 0 Å². The van der Waals surface area contributed by atoms with Gasteiger partial charge in [0, 0.05) is 25.3 Å². The van der Waals surface area contributed by atoms with Crippen LogP contribution in [0.15, 0.2) is 35.7 Å². The Kier molecular flexibility index (Phi) is 6.08. The Labute approximate surface area is 153 Å². The number of nitrogens with zero attached hydrogens (tertiary/aromatic N) is 2. The van der Waals surface area contributed by atoms with Gasteiger partial charge in [0.2, 0.25) is 0 Å². The minimum Gasteiger partial charge on any atom is -0.339 e. The number of likely N-dealkylation sites (tertiary alicyclic amines) is 1. The van der Waals surface area contributed by atoms with Gasteiger partial charge in [0.1, 0.15) is 5.82 Å². The van der Waals surface area contributed by atoms with E-state index in [0.29, 0.717) is 0 Å². The molecular formula is C20H25FN2OS. The van der Waals surface area contributed by atoms with Crippen molar-refractivity contribution in [1.82, 2.24) is 4.90 Å². The molecular weight excluding hydrogens is 335 g/mol. The van der Waals surface area contributed by atoms with Crippen molar-refractivity contribution >= 4 is 27.9 Å². The average molecular weight is 360 g/mol. The lowest BCUT2D eigenvalue weighted by Crippen LogP contribution is -2.36. The van der Waals surface area contributed by atoms with Crippen LogP contribution in [0.3, 0.4) is 0 Å². The Hall–Kier alpha value is -1.88. The van der Waals surface area contributed by atoms with E-state index in [2.05, 4.69) is 11.8 Å². The standard InChI is InChI=1S/C20H25FN2OS/c1-2-3-13-23(19-8-7-14-25-19)16-9-10-17(18(21)15-16)20(24)22-11-5-4-6-12-22/h7-10,14-15H,2-6,11-13H2,1H3. The lowest BCUT2D eigenvalue weighted by Gasteiger charge is -2.27. The van der Waals surface area contributed by atoms with Crippen molar-refractivity contribution in [2.75, 3.05) is 24.5 Å². The fourth-order valence-electron chi connectivity index (χ4n) is 3.22. The van der Waals surface area contributed by atoms with Gasteiger partial charge in [0.25, 0.3) is 5.91 Å². The highest BCUT2D eigenvalue weighted by atomic mass is 32.1. The molecule has 1 amide bonds. The molecule has 3 nitrogen and oxygen atoms in total. The second-order valence-corrected chi connectivity index (χ2v) is 7.40. The van der Waals surface area contributed by atoms with E-state index in [9.17, 15) is 9.18 Å². The maximum absolute atomic E-state index is 14.7. The fourth-order valence-corrected chi connectivity index (χ4v) is 4.00. The van der Waals surface area contributed by atoms with Crippen LogP contribution >= 0.6 is 11.3 Å². The number of amides is 1. The summed E-state index contributed by atoms with van der Waals surface area (Å²) >= 11 is 1.64. The van der Waals surface area contributed by atoms with Crippen LogP contribution in [0.2, 0.25) is 0 Å². The molecule has 0 N–H and O–H groups in total. The molecule has 1 saturated heterocycles. The highest BCUT2D eigenvalue weighted by Crippen LogP contribution is 2.31. The topological polar surface area (TPSA) is 23.6 Å². The number of rotatable bonds is 6. The number of hydrogen-bond acceptors (Lipinski definition) is 3. The summed E-state index contributed by atoms with van der Waals surface area (Å²) in [6.07, 6.45) is 5.28. The molecule has 0 bridgehead atoms. The number of anilines is 2. The van der Waals surface area contributed by atoms with Gasteiger partial charge in [-0.3, -0.25) is 4.79 Å². The number of halogens is 1. The molecule has 0 spiro atoms. The Bertz CT molecular complexity index is 696. The van der Waals surface area contributed by atoms with Crippen LogP contribution in [-0.4, -0.2) is 30.4 Å². The van der Waals surface area contributed by atoms with E-state index in [0.717, 1.165) is 62.4 Å². The molecule has 0 saturated carbocycles. The maximum Gasteiger partial charge on any atom is 0.256 e. The zero-order valence-corrected chi connectivity index (χ0v) is 15.5. The summed E-state index contributed by atoms with van der Waals surface area (Å²) in [5, 5.41) is 3.13. The largest absolute Gasteiger partial charge is 0.339 e. The second kappa shape index (κ2) is 8.48. The van der Waals surface area contributed by atoms with Crippen LogP contribution in [0.1, 0.15) is 49.4 Å². The first kappa shape index (κ1) is 17.9. The van der Waals surface area contributed by atoms with Crippen LogP contribution in [0.25, 0.3) is 0 Å². The van der Waals surface area contributed by atoms with Crippen molar-refractivity contribution < 1.29 is 9.18 Å². The van der Waals surface area contributed by atoms with E-state index in [1.165, 1.54) is 6.07 Å². The van der Waals surface area contributed by atoms with Gasteiger partial charge in [-0.25, -0.2) is 4.39 Å². The average Bonchev–Trinajstić information content (AvgIpc) is 3.17. The van der Waals surface area contributed by atoms with E-state index in [1.807, 2.05) is 23.6 Å². The van der Waals surface area contributed by atoms with Crippen molar-refractivity contribution in [3.8, 4) is 0 Å². The van der Waals surface area contributed by atoms with Crippen LogP contribution in [-0.2, 0) is 0 Å². The monoisotopic (exact) mass is 360 g/mol. The summed E-state index contributed by atoms with van der Waals surface area (Å²) in [4.78, 5) is 16.5. The second-order valence-electron chi connectivity index (χ2n) is 6.47. The van der Waals surface area contributed by atoms with Gasteiger partial charge < -0.3 is 9.80 Å². The fraction of sp³-hybridized carbons (Fsp3) is 0.450. The number of carbonyl (C=O) groups excluding carboxylic acids is 1. The van der Waals surface area contributed by atoms with Crippen LogP contribution in [0.5, 0.6) is 0 Å². The first-order valence-corrected chi connectivity index (χ1v) is 9.98. The molecule has 2 aromatic rings. The molecule has 1 aromatic heterocycles. The highest BCUT2D eigenvalue weighted by Gasteiger charge is 2.22.